The number of carbonyl (C=O) groups is 1. The van der Waals surface area contributed by atoms with Gasteiger partial charge in [-0.25, -0.2) is 0 Å². The second kappa shape index (κ2) is 7.79. The maximum absolute atomic E-state index is 12.2. The van der Waals surface area contributed by atoms with Crippen molar-refractivity contribution in [2.24, 2.45) is 5.73 Å². The molecule has 96 valence electrons. The molecule has 0 rings (SSSR count). The first-order valence-corrected chi connectivity index (χ1v) is 6.94. The Morgan fingerprint density at radius 2 is 1.88 bits per heavy atom. The summed E-state index contributed by atoms with van der Waals surface area (Å²) in [6, 6.07) is 0. The smallest absolute Gasteiger partial charge is 0.344 e. The molecule has 0 fully saturated rings. The van der Waals surface area contributed by atoms with Crippen molar-refractivity contribution in [1.29, 1.82) is 0 Å². The maximum Gasteiger partial charge on any atom is 0.344 e. The topological polar surface area (TPSA) is 98.9 Å². The molecule has 0 amide bonds. The summed E-state index contributed by atoms with van der Waals surface area (Å²) >= 11 is 0. The van der Waals surface area contributed by atoms with Crippen LogP contribution in [0.4, 0.5) is 0 Å². The van der Waals surface area contributed by atoms with Gasteiger partial charge in [0.2, 0.25) is 0 Å². The Hall–Kier alpha value is -0.420. The van der Waals surface area contributed by atoms with Crippen LogP contribution in [0.5, 0.6) is 0 Å². The monoisotopic (exact) mass is 253 g/mol. The number of nitrogens with two attached hydrogens (primary N) is 1. The number of carboxylic acid groups (broad SMARTS) is 1. The summed E-state index contributed by atoms with van der Waals surface area (Å²) in [5, 5.41) is 9.02. The van der Waals surface area contributed by atoms with E-state index in [1.165, 1.54) is 0 Å². The Morgan fingerprint density at radius 1 is 1.38 bits per heavy atom. The van der Waals surface area contributed by atoms with Gasteiger partial charge in [0, 0.05) is 0 Å². The van der Waals surface area contributed by atoms with Gasteiger partial charge in [-0.1, -0.05) is 0 Å². The van der Waals surface area contributed by atoms with E-state index in [4.69, 9.17) is 19.9 Å². The van der Waals surface area contributed by atoms with Crippen LogP contribution in [0.2, 0.25) is 0 Å². The highest BCUT2D eigenvalue weighted by Crippen LogP contribution is 2.54. The summed E-state index contributed by atoms with van der Waals surface area (Å²) in [6.07, 6.45) is 0.671. The quantitative estimate of drug-likeness (QED) is 0.603. The number of rotatable bonds is 9. The van der Waals surface area contributed by atoms with E-state index in [0.717, 1.165) is 0 Å². The van der Waals surface area contributed by atoms with Gasteiger partial charge in [-0.05, 0) is 33.2 Å². The fraction of sp³-hybridized carbons (Fsp3) is 0.889. The van der Waals surface area contributed by atoms with Gasteiger partial charge in [-0.15, -0.1) is 0 Å². The van der Waals surface area contributed by atoms with Crippen LogP contribution >= 0.6 is 7.60 Å². The molecule has 3 N–H and O–H groups in total. The van der Waals surface area contributed by atoms with Gasteiger partial charge in [0.05, 0.1) is 13.2 Å². The molecular formula is C9H20NO5P. The van der Waals surface area contributed by atoms with Gasteiger partial charge in [0.1, 0.15) is 0 Å². The number of hydrogen-bond acceptors (Lipinski definition) is 5. The van der Waals surface area contributed by atoms with Crippen molar-refractivity contribution >= 4 is 13.6 Å². The van der Waals surface area contributed by atoms with Gasteiger partial charge in [-0.2, -0.15) is 0 Å². The molecule has 0 bridgehead atoms. The molecule has 0 aliphatic carbocycles. The highest BCUT2D eigenvalue weighted by Gasteiger charge is 2.40. The minimum Gasteiger partial charge on any atom is -0.481 e. The van der Waals surface area contributed by atoms with E-state index < -0.39 is 19.2 Å². The van der Waals surface area contributed by atoms with Gasteiger partial charge in [0.25, 0.3) is 0 Å². The lowest BCUT2D eigenvalue weighted by molar-refractivity contribution is -0.137. The van der Waals surface area contributed by atoms with E-state index in [1.54, 1.807) is 13.8 Å². The van der Waals surface area contributed by atoms with E-state index in [1.807, 2.05) is 0 Å². The molecule has 7 heteroatoms. The zero-order chi connectivity index (χ0) is 12.6. The molecule has 0 saturated heterocycles. The SMILES string of the molecule is CCOP(=O)(OCC)C(CCCN)C(=O)O. The van der Waals surface area contributed by atoms with Gasteiger partial charge < -0.3 is 19.9 Å². The summed E-state index contributed by atoms with van der Waals surface area (Å²) in [5.74, 6) is -1.17. The summed E-state index contributed by atoms with van der Waals surface area (Å²) in [7, 11) is -3.57. The summed E-state index contributed by atoms with van der Waals surface area (Å²) < 4.78 is 22.2. The van der Waals surface area contributed by atoms with Gasteiger partial charge in [-0.3, -0.25) is 9.36 Å². The van der Waals surface area contributed by atoms with Crippen molar-refractivity contribution in [2.75, 3.05) is 19.8 Å². The molecule has 0 aliphatic rings. The van der Waals surface area contributed by atoms with Crippen molar-refractivity contribution < 1.29 is 23.5 Å². The standard InChI is InChI=1S/C9H20NO5P/c1-3-14-16(13,15-4-2)8(9(11)12)6-5-7-10/h8H,3-7,10H2,1-2H3,(H,11,12). The average molecular weight is 253 g/mol. The average Bonchev–Trinajstić information content (AvgIpc) is 2.18. The molecule has 16 heavy (non-hydrogen) atoms. The minimum atomic E-state index is -3.57. The van der Waals surface area contributed by atoms with Crippen molar-refractivity contribution in [1.82, 2.24) is 0 Å². The van der Waals surface area contributed by atoms with Crippen LogP contribution in [0, 0.1) is 0 Å². The molecule has 0 saturated carbocycles. The second-order valence-electron chi connectivity index (χ2n) is 3.16. The van der Waals surface area contributed by atoms with Gasteiger partial charge >= 0.3 is 13.6 Å². The summed E-state index contributed by atoms with van der Waals surface area (Å²) in [6.45, 7) is 3.95. The molecule has 0 aromatic rings. The van der Waals surface area contributed by atoms with Crippen LogP contribution in [-0.4, -0.2) is 36.5 Å². The Labute approximate surface area is 95.6 Å². The highest BCUT2D eigenvalue weighted by atomic mass is 31.2. The predicted molar refractivity (Wildman–Crippen MR) is 60.6 cm³/mol. The molecule has 0 spiro atoms. The second-order valence-corrected chi connectivity index (χ2v) is 5.38. The van der Waals surface area contributed by atoms with Crippen LogP contribution in [0.15, 0.2) is 0 Å². The largest absolute Gasteiger partial charge is 0.481 e. The van der Waals surface area contributed by atoms with Crippen LogP contribution in [0.1, 0.15) is 26.7 Å². The zero-order valence-electron chi connectivity index (χ0n) is 9.72. The first-order chi connectivity index (χ1) is 7.51. The van der Waals surface area contributed by atoms with E-state index in [2.05, 4.69) is 0 Å². The van der Waals surface area contributed by atoms with E-state index >= 15 is 0 Å². The van der Waals surface area contributed by atoms with Crippen molar-refractivity contribution in [3.05, 3.63) is 0 Å². The van der Waals surface area contributed by atoms with Crippen LogP contribution in [0.3, 0.4) is 0 Å². The molecule has 0 heterocycles. The van der Waals surface area contributed by atoms with Crippen LogP contribution in [-0.2, 0) is 18.4 Å². The number of aliphatic carboxylic acids is 1. The van der Waals surface area contributed by atoms with Crippen molar-refractivity contribution in [3.63, 3.8) is 0 Å². The highest BCUT2D eigenvalue weighted by molar-refractivity contribution is 7.55. The van der Waals surface area contributed by atoms with Crippen LogP contribution < -0.4 is 5.73 Å². The number of carboxylic acids is 1. The number of hydrogen-bond donors (Lipinski definition) is 2. The molecular weight excluding hydrogens is 233 g/mol. The van der Waals surface area contributed by atoms with Crippen LogP contribution in [0.25, 0.3) is 0 Å². The van der Waals surface area contributed by atoms with Gasteiger partial charge in [0.15, 0.2) is 5.66 Å². The zero-order valence-corrected chi connectivity index (χ0v) is 10.6. The lowest BCUT2D eigenvalue weighted by Crippen LogP contribution is -2.24. The molecule has 0 radical (unpaired) electrons. The predicted octanol–water partition coefficient (Wildman–Crippen LogP) is 1.44. The third kappa shape index (κ3) is 4.61. The molecule has 1 unspecified atom stereocenters. The fourth-order valence-electron chi connectivity index (χ4n) is 1.31. The molecule has 6 nitrogen and oxygen atoms in total. The Morgan fingerprint density at radius 3 is 2.19 bits per heavy atom. The van der Waals surface area contributed by atoms with E-state index in [-0.39, 0.29) is 19.6 Å². The maximum atomic E-state index is 12.2. The molecule has 0 aliphatic heterocycles. The Bertz CT molecular complexity index is 248. The third-order valence-corrected chi connectivity index (χ3v) is 4.45. The minimum absolute atomic E-state index is 0.156. The summed E-state index contributed by atoms with van der Waals surface area (Å²) in [4.78, 5) is 11.0. The normalized spacial score (nSPS) is 13.7. The van der Waals surface area contributed by atoms with E-state index in [0.29, 0.717) is 13.0 Å². The molecule has 1 atom stereocenters. The lowest BCUT2D eigenvalue weighted by Gasteiger charge is -2.23. The molecule has 0 aromatic carbocycles. The molecule has 0 aromatic heterocycles. The first-order valence-electron chi connectivity index (χ1n) is 5.33. The van der Waals surface area contributed by atoms with Crippen molar-refractivity contribution in [3.8, 4) is 0 Å². The Kier molecular flexibility index (Phi) is 7.58. The van der Waals surface area contributed by atoms with Crippen molar-refractivity contribution in [2.45, 2.75) is 32.3 Å². The summed E-state index contributed by atoms with van der Waals surface area (Å²) in [5.41, 5.74) is 4.18. The lowest BCUT2D eigenvalue weighted by atomic mass is 10.2. The Balaban J connectivity index is 4.78. The fourth-order valence-corrected chi connectivity index (χ4v) is 3.23. The first kappa shape index (κ1) is 15.6. The van der Waals surface area contributed by atoms with E-state index in [9.17, 15) is 9.36 Å². The third-order valence-electron chi connectivity index (χ3n) is 1.97.